The van der Waals surface area contributed by atoms with E-state index in [4.69, 9.17) is 34.3 Å². The molecule has 0 aromatic heterocycles. The Morgan fingerprint density at radius 3 is 3.10 bits per heavy atom. The van der Waals surface area contributed by atoms with E-state index in [-0.39, 0.29) is 6.10 Å². The Morgan fingerprint density at radius 1 is 1.60 bits per heavy atom. The maximum atomic E-state index is 5.97. The van der Waals surface area contributed by atoms with Crippen molar-refractivity contribution in [3.63, 3.8) is 0 Å². The first-order chi connectivity index (χ1) is 9.60. The third-order valence-electron chi connectivity index (χ3n) is 3.44. The number of nitrogens with zero attached hydrogens (tertiary/aromatic N) is 1. The summed E-state index contributed by atoms with van der Waals surface area (Å²) in [5.74, 6) is 0. The number of hydrogen-bond acceptors (Lipinski definition) is 4. The number of halogens is 1. The lowest BCUT2D eigenvalue weighted by molar-refractivity contribution is -0.0191. The zero-order valence-electron chi connectivity index (χ0n) is 11.6. The maximum absolute atomic E-state index is 5.97. The second kappa shape index (κ2) is 7.22. The highest BCUT2D eigenvalue weighted by Gasteiger charge is 2.19. The average molecular weight is 314 g/mol. The minimum atomic E-state index is 0.179. The van der Waals surface area contributed by atoms with Crippen molar-refractivity contribution in [1.82, 2.24) is 4.90 Å². The number of nitrogens with two attached hydrogens (primary N) is 1. The molecule has 2 rings (SSSR count). The highest BCUT2D eigenvalue weighted by Crippen LogP contribution is 2.21. The fourth-order valence-electron chi connectivity index (χ4n) is 2.29. The van der Waals surface area contributed by atoms with Crippen LogP contribution in [-0.2, 0) is 4.74 Å². The monoisotopic (exact) mass is 313 g/mol. The number of benzene rings is 1. The molecule has 1 atom stereocenters. The Morgan fingerprint density at radius 2 is 2.40 bits per heavy atom. The van der Waals surface area contributed by atoms with Crippen molar-refractivity contribution < 1.29 is 4.74 Å². The number of ether oxygens (including phenoxy) is 1. The largest absolute Gasteiger partial charge is 0.389 e. The molecule has 0 aliphatic carbocycles. The summed E-state index contributed by atoms with van der Waals surface area (Å²) in [6.07, 6.45) is 0.179. The second-order valence-electron chi connectivity index (χ2n) is 4.82. The summed E-state index contributed by atoms with van der Waals surface area (Å²) in [5, 5.41) is 3.99. The molecular weight excluding hydrogens is 294 g/mol. The topological polar surface area (TPSA) is 50.5 Å². The summed E-state index contributed by atoms with van der Waals surface area (Å²) < 4.78 is 5.76. The van der Waals surface area contributed by atoms with Crippen LogP contribution in [0, 0.1) is 0 Å². The number of thiocarbonyl (C=S) groups is 1. The van der Waals surface area contributed by atoms with Gasteiger partial charge in [0.15, 0.2) is 0 Å². The molecule has 0 saturated carbocycles. The number of morpholine rings is 1. The molecule has 1 heterocycles. The molecule has 1 aromatic carbocycles. The van der Waals surface area contributed by atoms with Gasteiger partial charge in [-0.3, -0.25) is 4.90 Å². The summed E-state index contributed by atoms with van der Waals surface area (Å²) in [6.45, 7) is 6.68. The van der Waals surface area contributed by atoms with Crippen LogP contribution in [0.4, 0.5) is 5.69 Å². The smallest absolute Gasteiger partial charge is 0.106 e. The molecule has 1 unspecified atom stereocenters. The first-order valence-corrected chi connectivity index (χ1v) is 7.56. The minimum absolute atomic E-state index is 0.179. The fraction of sp³-hybridized carbons (Fsp3) is 0.500. The first kappa shape index (κ1) is 15.5. The number of rotatable bonds is 5. The van der Waals surface area contributed by atoms with Gasteiger partial charge in [-0.15, -0.1) is 0 Å². The zero-order valence-corrected chi connectivity index (χ0v) is 13.1. The van der Waals surface area contributed by atoms with Crippen molar-refractivity contribution in [1.29, 1.82) is 0 Å². The predicted octanol–water partition coefficient (Wildman–Crippen LogP) is 2.11. The van der Waals surface area contributed by atoms with Crippen molar-refractivity contribution >= 4 is 34.5 Å². The lowest BCUT2D eigenvalue weighted by Crippen LogP contribution is -2.45. The van der Waals surface area contributed by atoms with Crippen LogP contribution in [0.15, 0.2) is 18.2 Å². The number of anilines is 1. The lowest BCUT2D eigenvalue weighted by Gasteiger charge is -2.32. The Balaban J connectivity index is 1.98. The van der Waals surface area contributed by atoms with E-state index in [9.17, 15) is 0 Å². The van der Waals surface area contributed by atoms with E-state index >= 15 is 0 Å². The van der Waals surface area contributed by atoms with Crippen LogP contribution in [0.25, 0.3) is 0 Å². The highest BCUT2D eigenvalue weighted by atomic mass is 35.5. The third-order valence-corrected chi connectivity index (χ3v) is 3.89. The normalized spacial score (nSPS) is 19.8. The second-order valence-corrected chi connectivity index (χ2v) is 5.70. The molecular formula is C14H20ClN3OS. The van der Waals surface area contributed by atoms with Gasteiger partial charge in [0.1, 0.15) is 4.99 Å². The first-order valence-electron chi connectivity index (χ1n) is 6.77. The van der Waals surface area contributed by atoms with Gasteiger partial charge >= 0.3 is 0 Å². The molecule has 1 saturated heterocycles. The van der Waals surface area contributed by atoms with Crippen molar-refractivity contribution in [2.45, 2.75) is 13.0 Å². The van der Waals surface area contributed by atoms with E-state index in [1.54, 1.807) is 6.07 Å². The van der Waals surface area contributed by atoms with E-state index in [1.165, 1.54) is 0 Å². The molecule has 6 heteroatoms. The van der Waals surface area contributed by atoms with Crippen LogP contribution in [0.1, 0.15) is 12.5 Å². The van der Waals surface area contributed by atoms with Gasteiger partial charge in [0, 0.05) is 35.9 Å². The van der Waals surface area contributed by atoms with Gasteiger partial charge < -0.3 is 15.8 Å². The summed E-state index contributed by atoms with van der Waals surface area (Å²) in [7, 11) is 0. The Bertz CT molecular complexity index is 483. The third kappa shape index (κ3) is 4.06. The molecule has 1 aliphatic rings. The number of hydrogen-bond donors (Lipinski definition) is 2. The van der Waals surface area contributed by atoms with Crippen LogP contribution in [0.5, 0.6) is 0 Å². The van der Waals surface area contributed by atoms with Gasteiger partial charge in [-0.25, -0.2) is 0 Å². The number of nitrogens with one attached hydrogen (secondary N) is 1. The quantitative estimate of drug-likeness (QED) is 0.815. The van der Waals surface area contributed by atoms with E-state index in [0.717, 1.165) is 44.0 Å². The average Bonchev–Trinajstić information content (AvgIpc) is 2.46. The molecule has 4 nitrogen and oxygen atoms in total. The standard InChI is InChI=1S/C14H20ClN3OS/c1-2-18-5-6-19-11(9-18)8-17-13-4-3-10(15)7-12(13)14(16)20/h3-4,7,11,17H,2,5-6,8-9H2,1H3,(H2,16,20). The van der Waals surface area contributed by atoms with Crippen LogP contribution < -0.4 is 11.1 Å². The van der Waals surface area contributed by atoms with Crippen molar-refractivity contribution in [2.75, 3.05) is 38.1 Å². The van der Waals surface area contributed by atoms with Gasteiger partial charge in [0.2, 0.25) is 0 Å². The Labute approximate surface area is 130 Å². The molecule has 0 bridgehead atoms. The van der Waals surface area contributed by atoms with Gasteiger partial charge in [-0.05, 0) is 24.7 Å². The Kier molecular flexibility index (Phi) is 5.60. The molecule has 20 heavy (non-hydrogen) atoms. The SMILES string of the molecule is CCN1CCOC(CNc2ccc(Cl)cc2C(N)=S)C1. The molecule has 1 aromatic rings. The summed E-state index contributed by atoms with van der Waals surface area (Å²) >= 11 is 11.0. The van der Waals surface area contributed by atoms with E-state index in [1.807, 2.05) is 12.1 Å². The predicted molar refractivity (Wildman–Crippen MR) is 87.7 cm³/mol. The van der Waals surface area contributed by atoms with Crippen LogP contribution in [0.3, 0.4) is 0 Å². The van der Waals surface area contributed by atoms with E-state index in [0.29, 0.717) is 10.0 Å². The number of likely N-dealkylation sites (N-methyl/N-ethyl adjacent to an activating group) is 1. The van der Waals surface area contributed by atoms with Crippen molar-refractivity contribution in [2.24, 2.45) is 5.73 Å². The maximum Gasteiger partial charge on any atom is 0.106 e. The highest BCUT2D eigenvalue weighted by molar-refractivity contribution is 7.80. The summed E-state index contributed by atoms with van der Waals surface area (Å²) in [5.41, 5.74) is 7.40. The fourth-order valence-corrected chi connectivity index (χ4v) is 2.63. The Hall–Kier alpha value is -0.880. The molecule has 0 amide bonds. The van der Waals surface area contributed by atoms with Gasteiger partial charge in [0.25, 0.3) is 0 Å². The van der Waals surface area contributed by atoms with Crippen molar-refractivity contribution in [3.8, 4) is 0 Å². The minimum Gasteiger partial charge on any atom is -0.389 e. The summed E-state index contributed by atoms with van der Waals surface area (Å²) in [6, 6.07) is 5.51. The zero-order chi connectivity index (χ0) is 14.5. The molecule has 0 spiro atoms. The van der Waals surface area contributed by atoms with E-state index < -0.39 is 0 Å². The molecule has 1 aliphatic heterocycles. The van der Waals surface area contributed by atoms with Crippen LogP contribution in [-0.4, -0.2) is 48.8 Å². The summed E-state index contributed by atoms with van der Waals surface area (Å²) in [4.78, 5) is 2.72. The lowest BCUT2D eigenvalue weighted by atomic mass is 10.1. The molecule has 3 N–H and O–H groups in total. The van der Waals surface area contributed by atoms with Crippen LogP contribution >= 0.6 is 23.8 Å². The molecule has 0 radical (unpaired) electrons. The molecule has 110 valence electrons. The van der Waals surface area contributed by atoms with Crippen LogP contribution in [0.2, 0.25) is 5.02 Å². The van der Waals surface area contributed by atoms with Gasteiger partial charge in [-0.2, -0.15) is 0 Å². The van der Waals surface area contributed by atoms with Crippen molar-refractivity contribution in [3.05, 3.63) is 28.8 Å². The van der Waals surface area contributed by atoms with Gasteiger partial charge in [-0.1, -0.05) is 30.7 Å². The molecule has 1 fully saturated rings. The van der Waals surface area contributed by atoms with Gasteiger partial charge in [0.05, 0.1) is 12.7 Å². The van der Waals surface area contributed by atoms with E-state index in [2.05, 4.69) is 17.1 Å².